The zero-order chi connectivity index (χ0) is 15.0. The van der Waals surface area contributed by atoms with Gasteiger partial charge in [-0.25, -0.2) is 0 Å². The Labute approximate surface area is 129 Å². The minimum absolute atomic E-state index is 0.294. The van der Waals surface area contributed by atoms with Crippen molar-refractivity contribution in [2.24, 2.45) is 5.41 Å². The van der Waals surface area contributed by atoms with Crippen LogP contribution in [0, 0.1) is 5.41 Å². The van der Waals surface area contributed by atoms with E-state index in [1.54, 1.807) is 7.11 Å². The zero-order valence-electron chi connectivity index (χ0n) is 13.4. The predicted octanol–water partition coefficient (Wildman–Crippen LogP) is 3.04. The molecule has 0 bridgehead atoms. The van der Waals surface area contributed by atoms with Gasteiger partial charge in [-0.05, 0) is 38.2 Å². The lowest BCUT2D eigenvalue weighted by molar-refractivity contribution is 0.0564. The van der Waals surface area contributed by atoms with Crippen molar-refractivity contribution in [3.63, 3.8) is 0 Å². The maximum atomic E-state index is 5.86. The standard InChI is InChI=1S/C18H29NO2/c1-16-18(11-13-21-16,15-19-12-14-20-2)10-6-9-17-7-4-3-5-8-17/h3-5,7-8,16,19H,6,9-15H2,1-2H3. The first kappa shape index (κ1) is 16.5. The second-order valence-corrected chi connectivity index (χ2v) is 6.13. The fourth-order valence-electron chi connectivity index (χ4n) is 3.27. The smallest absolute Gasteiger partial charge is 0.0616 e. The van der Waals surface area contributed by atoms with Crippen LogP contribution in [-0.4, -0.2) is 39.5 Å². The first-order valence-corrected chi connectivity index (χ1v) is 8.12. The third-order valence-electron chi connectivity index (χ3n) is 4.77. The van der Waals surface area contributed by atoms with Gasteiger partial charge < -0.3 is 14.8 Å². The molecule has 0 radical (unpaired) electrons. The summed E-state index contributed by atoms with van der Waals surface area (Å²) in [6.45, 7) is 5.86. The molecule has 1 N–H and O–H groups in total. The quantitative estimate of drug-likeness (QED) is 0.709. The Balaban J connectivity index is 1.82. The van der Waals surface area contributed by atoms with E-state index in [4.69, 9.17) is 9.47 Å². The molecular formula is C18H29NO2. The van der Waals surface area contributed by atoms with Crippen molar-refractivity contribution in [2.45, 2.75) is 38.7 Å². The van der Waals surface area contributed by atoms with Crippen LogP contribution in [0.3, 0.4) is 0 Å². The number of nitrogens with one attached hydrogen (secondary N) is 1. The second kappa shape index (κ2) is 8.52. The van der Waals surface area contributed by atoms with Gasteiger partial charge in [0.2, 0.25) is 0 Å². The number of rotatable bonds is 9. The molecule has 1 aliphatic heterocycles. The Hall–Kier alpha value is -0.900. The number of hydrogen-bond donors (Lipinski definition) is 1. The molecule has 1 aromatic carbocycles. The molecule has 0 saturated carbocycles. The summed E-state index contributed by atoms with van der Waals surface area (Å²) in [6, 6.07) is 10.8. The molecule has 0 amide bonds. The number of hydrogen-bond acceptors (Lipinski definition) is 3. The molecule has 1 aliphatic rings. The summed E-state index contributed by atoms with van der Waals surface area (Å²) in [5.41, 5.74) is 1.73. The van der Waals surface area contributed by atoms with Gasteiger partial charge in [0.25, 0.3) is 0 Å². The van der Waals surface area contributed by atoms with Gasteiger partial charge in [-0.1, -0.05) is 30.3 Å². The lowest BCUT2D eigenvalue weighted by atomic mass is 9.76. The average molecular weight is 291 g/mol. The van der Waals surface area contributed by atoms with Crippen LogP contribution >= 0.6 is 0 Å². The summed E-state index contributed by atoms with van der Waals surface area (Å²) in [5.74, 6) is 0. The molecule has 0 aromatic heterocycles. The third-order valence-corrected chi connectivity index (χ3v) is 4.77. The largest absolute Gasteiger partial charge is 0.383 e. The molecule has 1 saturated heterocycles. The molecule has 21 heavy (non-hydrogen) atoms. The van der Waals surface area contributed by atoms with E-state index in [0.717, 1.165) is 32.7 Å². The van der Waals surface area contributed by atoms with Crippen LogP contribution in [0.5, 0.6) is 0 Å². The van der Waals surface area contributed by atoms with E-state index in [1.165, 1.54) is 24.8 Å². The highest BCUT2D eigenvalue weighted by molar-refractivity contribution is 5.14. The molecular weight excluding hydrogens is 262 g/mol. The van der Waals surface area contributed by atoms with Crippen LogP contribution in [0.15, 0.2) is 30.3 Å². The Kier molecular flexibility index (Phi) is 6.68. The van der Waals surface area contributed by atoms with Crippen LogP contribution in [0.1, 0.15) is 31.7 Å². The summed E-state index contributed by atoms with van der Waals surface area (Å²) in [4.78, 5) is 0. The van der Waals surface area contributed by atoms with E-state index >= 15 is 0 Å². The van der Waals surface area contributed by atoms with Gasteiger partial charge in [0.15, 0.2) is 0 Å². The monoisotopic (exact) mass is 291 g/mol. The fraction of sp³-hybridized carbons (Fsp3) is 0.667. The topological polar surface area (TPSA) is 30.5 Å². The molecule has 2 rings (SSSR count). The number of ether oxygens (including phenoxy) is 2. The normalized spacial score (nSPS) is 25.3. The first-order valence-electron chi connectivity index (χ1n) is 8.12. The molecule has 1 heterocycles. The van der Waals surface area contributed by atoms with Crippen molar-refractivity contribution in [3.05, 3.63) is 35.9 Å². The van der Waals surface area contributed by atoms with E-state index < -0.39 is 0 Å². The molecule has 0 spiro atoms. The molecule has 2 atom stereocenters. The maximum absolute atomic E-state index is 5.86. The summed E-state index contributed by atoms with van der Waals surface area (Å²) in [5, 5.41) is 3.54. The van der Waals surface area contributed by atoms with Crippen molar-refractivity contribution in [3.8, 4) is 0 Å². The van der Waals surface area contributed by atoms with Crippen LogP contribution in [0.25, 0.3) is 0 Å². The molecule has 1 aromatic rings. The van der Waals surface area contributed by atoms with Gasteiger partial charge in [-0.2, -0.15) is 0 Å². The molecule has 0 aliphatic carbocycles. The molecule has 3 heteroatoms. The van der Waals surface area contributed by atoms with Crippen molar-refractivity contribution in [1.29, 1.82) is 0 Å². The van der Waals surface area contributed by atoms with Gasteiger partial charge >= 0.3 is 0 Å². The number of methoxy groups -OCH3 is 1. The van der Waals surface area contributed by atoms with Crippen LogP contribution < -0.4 is 5.32 Å². The Bertz CT molecular complexity index is 395. The highest BCUT2D eigenvalue weighted by Gasteiger charge is 2.40. The second-order valence-electron chi connectivity index (χ2n) is 6.13. The predicted molar refractivity (Wildman–Crippen MR) is 86.6 cm³/mol. The van der Waals surface area contributed by atoms with Gasteiger partial charge in [0.05, 0.1) is 12.7 Å². The van der Waals surface area contributed by atoms with E-state index in [-0.39, 0.29) is 0 Å². The summed E-state index contributed by atoms with van der Waals surface area (Å²) < 4.78 is 11.0. The van der Waals surface area contributed by atoms with E-state index in [2.05, 4.69) is 42.6 Å². The molecule has 3 nitrogen and oxygen atoms in total. The van der Waals surface area contributed by atoms with Crippen LogP contribution in [-0.2, 0) is 15.9 Å². The molecule has 1 fully saturated rings. The van der Waals surface area contributed by atoms with Crippen molar-refractivity contribution >= 4 is 0 Å². The minimum Gasteiger partial charge on any atom is -0.383 e. The van der Waals surface area contributed by atoms with Crippen molar-refractivity contribution < 1.29 is 9.47 Å². The summed E-state index contributed by atoms with van der Waals surface area (Å²) in [7, 11) is 1.75. The van der Waals surface area contributed by atoms with Crippen LogP contribution in [0.2, 0.25) is 0 Å². The summed E-state index contributed by atoms with van der Waals surface area (Å²) in [6.07, 6.45) is 5.13. The van der Waals surface area contributed by atoms with Crippen molar-refractivity contribution in [1.82, 2.24) is 5.32 Å². The van der Waals surface area contributed by atoms with Crippen molar-refractivity contribution in [2.75, 3.05) is 33.4 Å². The fourth-order valence-corrected chi connectivity index (χ4v) is 3.27. The Morgan fingerprint density at radius 3 is 2.81 bits per heavy atom. The average Bonchev–Trinajstić information content (AvgIpc) is 2.86. The van der Waals surface area contributed by atoms with Gasteiger partial charge in [0.1, 0.15) is 0 Å². The van der Waals surface area contributed by atoms with E-state index in [0.29, 0.717) is 11.5 Å². The van der Waals surface area contributed by atoms with Crippen LogP contribution in [0.4, 0.5) is 0 Å². The maximum Gasteiger partial charge on any atom is 0.0616 e. The summed E-state index contributed by atoms with van der Waals surface area (Å²) >= 11 is 0. The molecule has 118 valence electrons. The number of aryl methyl sites for hydroxylation is 1. The van der Waals surface area contributed by atoms with Gasteiger partial charge in [-0.15, -0.1) is 0 Å². The van der Waals surface area contributed by atoms with Gasteiger partial charge in [0, 0.05) is 32.2 Å². The Morgan fingerprint density at radius 1 is 1.33 bits per heavy atom. The number of benzene rings is 1. The van der Waals surface area contributed by atoms with E-state index in [1.807, 2.05) is 0 Å². The third kappa shape index (κ3) is 4.80. The molecule has 2 unspecified atom stereocenters. The zero-order valence-corrected chi connectivity index (χ0v) is 13.4. The highest BCUT2D eigenvalue weighted by atomic mass is 16.5. The van der Waals surface area contributed by atoms with E-state index in [9.17, 15) is 0 Å². The SMILES string of the molecule is COCCNCC1(CCCc2ccccc2)CCOC1C. The lowest BCUT2D eigenvalue weighted by Crippen LogP contribution is -2.40. The van der Waals surface area contributed by atoms with Gasteiger partial charge in [-0.3, -0.25) is 0 Å². The lowest BCUT2D eigenvalue weighted by Gasteiger charge is -2.33. The minimum atomic E-state index is 0.294. The highest BCUT2D eigenvalue weighted by Crippen LogP contribution is 2.39. The first-order chi connectivity index (χ1) is 10.3. The Morgan fingerprint density at radius 2 is 2.14 bits per heavy atom.